The lowest BCUT2D eigenvalue weighted by atomic mass is 10.0. The summed E-state index contributed by atoms with van der Waals surface area (Å²) in [5.74, 6) is 0.755. The quantitative estimate of drug-likeness (QED) is 0.855. The normalized spacial score (nSPS) is 13.7. The molecule has 0 amide bonds. The second-order valence-electron chi connectivity index (χ2n) is 4.94. The van der Waals surface area contributed by atoms with E-state index in [-0.39, 0.29) is 12.1 Å². The molecule has 0 fully saturated rings. The molecule has 2 unspecified atom stereocenters. The van der Waals surface area contributed by atoms with Crippen molar-refractivity contribution in [3.8, 4) is 5.75 Å². The molecule has 2 rings (SSSR count). The first-order chi connectivity index (χ1) is 10.2. The second-order valence-corrected chi connectivity index (χ2v) is 5.35. The lowest BCUT2D eigenvalue weighted by Gasteiger charge is -2.25. The highest BCUT2D eigenvalue weighted by molar-refractivity contribution is 6.31. The standard InChI is InChI=1S/C17H21ClN2O/c1-12(13-7-4-3-5-8-13)20-15(11-19)17-14(18)9-6-10-16(17)21-2/h3-10,12,15,20H,11,19H2,1-2H3. The van der Waals surface area contributed by atoms with Crippen LogP contribution in [0.2, 0.25) is 5.02 Å². The van der Waals surface area contributed by atoms with Crippen molar-refractivity contribution in [2.45, 2.75) is 19.0 Å². The van der Waals surface area contributed by atoms with Crippen LogP contribution in [0.1, 0.15) is 30.1 Å². The van der Waals surface area contributed by atoms with Gasteiger partial charge in [-0.05, 0) is 24.6 Å². The number of benzene rings is 2. The molecule has 2 aromatic rings. The molecule has 0 saturated heterocycles. The Morgan fingerprint density at radius 2 is 1.86 bits per heavy atom. The summed E-state index contributed by atoms with van der Waals surface area (Å²) in [6.07, 6.45) is 0. The lowest BCUT2D eigenvalue weighted by molar-refractivity contribution is 0.393. The number of nitrogens with two attached hydrogens (primary N) is 1. The average Bonchev–Trinajstić information content (AvgIpc) is 2.53. The van der Waals surface area contributed by atoms with E-state index in [9.17, 15) is 0 Å². The van der Waals surface area contributed by atoms with Crippen molar-refractivity contribution in [1.82, 2.24) is 5.32 Å². The minimum atomic E-state index is -0.0659. The molecular weight excluding hydrogens is 284 g/mol. The maximum atomic E-state index is 6.34. The fourth-order valence-electron chi connectivity index (χ4n) is 2.44. The van der Waals surface area contributed by atoms with E-state index < -0.39 is 0 Å². The van der Waals surface area contributed by atoms with Crippen molar-refractivity contribution in [3.63, 3.8) is 0 Å². The minimum absolute atomic E-state index is 0.0659. The molecule has 21 heavy (non-hydrogen) atoms. The fraction of sp³-hybridized carbons (Fsp3) is 0.294. The maximum Gasteiger partial charge on any atom is 0.125 e. The van der Waals surface area contributed by atoms with Crippen molar-refractivity contribution >= 4 is 11.6 Å². The molecule has 2 atom stereocenters. The van der Waals surface area contributed by atoms with Crippen molar-refractivity contribution < 1.29 is 4.74 Å². The first-order valence-corrected chi connectivity index (χ1v) is 7.38. The molecule has 112 valence electrons. The van der Waals surface area contributed by atoms with Crippen LogP contribution >= 0.6 is 11.6 Å². The molecule has 0 radical (unpaired) electrons. The average molecular weight is 305 g/mol. The summed E-state index contributed by atoms with van der Waals surface area (Å²) in [5, 5.41) is 4.19. The van der Waals surface area contributed by atoms with Gasteiger partial charge in [-0.15, -0.1) is 0 Å². The first kappa shape index (κ1) is 15.8. The Hall–Kier alpha value is -1.55. The predicted molar refractivity (Wildman–Crippen MR) is 87.8 cm³/mol. The zero-order valence-corrected chi connectivity index (χ0v) is 13.1. The van der Waals surface area contributed by atoms with Gasteiger partial charge in [0.05, 0.1) is 13.2 Å². The minimum Gasteiger partial charge on any atom is -0.496 e. The van der Waals surface area contributed by atoms with Crippen LogP contribution < -0.4 is 15.8 Å². The Morgan fingerprint density at radius 3 is 2.48 bits per heavy atom. The number of rotatable bonds is 6. The molecule has 2 aromatic carbocycles. The Kier molecular flexibility index (Phi) is 5.62. The molecule has 0 heterocycles. The number of hydrogen-bond acceptors (Lipinski definition) is 3. The third-order valence-corrected chi connectivity index (χ3v) is 3.90. The van der Waals surface area contributed by atoms with Gasteiger partial charge in [0.25, 0.3) is 0 Å². The molecule has 0 aromatic heterocycles. The van der Waals surface area contributed by atoms with Gasteiger partial charge in [-0.3, -0.25) is 0 Å². The van der Waals surface area contributed by atoms with E-state index in [4.69, 9.17) is 22.1 Å². The van der Waals surface area contributed by atoms with Crippen LogP contribution in [-0.2, 0) is 0 Å². The van der Waals surface area contributed by atoms with Crippen LogP contribution in [0.25, 0.3) is 0 Å². The van der Waals surface area contributed by atoms with Crippen molar-refractivity contribution in [2.24, 2.45) is 5.73 Å². The SMILES string of the molecule is COc1cccc(Cl)c1C(CN)NC(C)c1ccccc1. The molecule has 0 bridgehead atoms. The predicted octanol–water partition coefficient (Wildman–Crippen LogP) is 3.70. The zero-order valence-electron chi connectivity index (χ0n) is 12.3. The van der Waals surface area contributed by atoms with E-state index in [1.165, 1.54) is 5.56 Å². The van der Waals surface area contributed by atoms with Crippen molar-refractivity contribution in [1.29, 1.82) is 0 Å². The third kappa shape index (κ3) is 3.76. The Morgan fingerprint density at radius 1 is 1.14 bits per heavy atom. The van der Waals surface area contributed by atoms with Gasteiger partial charge in [-0.25, -0.2) is 0 Å². The monoisotopic (exact) mass is 304 g/mol. The Bertz CT molecular complexity index is 574. The second kappa shape index (κ2) is 7.46. The highest BCUT2D eigenvalue weighted by atomic mass is 35.5. The van der Waals surface area contributed by atoms with E-state index >= 15 is 0 Å². The van der Waals surface area contributed by atoms with Crippen LogP contribution in [0.4, 0.5) is 0 Å². The fourth-order valence-corrected chi connectivity index (χ4v) is 2.74. The van der Waals surface area contributed by atoms with E-state index in [2.05, 4.69) is 24.4 Å². The van der Waals surface area contributed by atoms with Crippen LogP contribution in [0.5, 0.6) is 5.75 Å². The number of halogens is 1. The summed E-state index contributed by atoms with van der Waals surface area (Å²) in [7, 11) is 1.64. The van der Waals surface area contributed by atoms with Gasteiger partial charge in [0.1, 0.15) is 5.75 Å². The summed E-state index contributed by atoms with van der Waals surface area (Å²) < 4.78 is 5.42. The maximum absolute atomic E-state index is 6.34. The molecular formula is C17H21ClN2O. The summed E-state index contributed by atoms with van der Waals surface area (Å²) in [6.45, 7) is 2.55. The van der Waals surface area contributed by atoms with Crippen LogP contribution in [0.3, 0.4) is 0 Å². The topological polar surface area (TPSA) is 47.3 Å². The summed E-state index contributed by atoms with van der Waals surface area (Å²) in [4.78, 5) is 0. The molecule has 0 aliphatic heterocycles. The molecule has 0 saturated carbocycles. The van der Waals surface area contributed by atoms with Crippen LogP contribution in [0, 0.1) is 0 Å². The molecule has 0 spiro atoms. The molecule has 3 N–H and O–H groups in total. The highest BCUT2D eigenvalue weighted by Gasteiger charge is 2.20. The van der Waals surface area contributed by atoms with Gasteiger partial charge in [0.2, 0.25) is 0 Å². The number of ether oxygens (including phenoxy) is 1. The smallest absolute Gasteiger partial charge is 0.125 e. The number of methoxy groups -OCH3 is 1. The molecule has 0 aliphatic rings. The van der Waals surface area contributed by atoms with Gasteiger partial charge < -0.3 is 15.8 Å². The molecule has 4 heteroatoms. The Labute approximate surface area is 131 Å². The number of nitrogens with one attached hydrogen (secondary N) is 1. The van der Waals surface area contributed by atoms with Gasteiger partial charge >= 0.3 is 0 Å². The summed E-state index contributed by atoms with van der Waals surface area (Å²) in [6, 6.07) is 16.0. The third-order valence-electron chi connectivity index (χ3n) is 3.57. The Balaban J connectivity index is 2.25. The van der Waals surface area contributed by atoms with Gasteiger partial charge in [-0.2, -0.15) is 0 Å². The zero-order chi connectivity index (χ0) is 15.2. The van der Waals surface area contributed by atoms with E-state index in [0.717, 1.165) is 11.3 Å². The molecule has 3 nitrogen and oxygen atoms in total. The number of hydrogen-bond donors (Lipinski definition) is 2. The van der Waals surface area contributed by atoms with E-state index in [1.54, 1.807) is 7.11 Å². The molecule has 0 aliphatic carbocycles. The van der Waals surface area contributed by atoms with Crippen molar-refractivity contribution in [2.75, 3.05) is 13.7 Å². The largest absolute Gasteiger partial charge is 0.496 e. The van der Waals surface area contributed by atoms with Crippen LogP contribution in [0.15, 0.2) is 48.5 Å². The van der Waals surface area contributed by atoms with E-state index in [1.807, 2.05) is 36.4 Å². The van der Waals surface area contributed by atoms with Crippen molar-refractivity contribution in [3.05, 3.63) is 64.7 Å². The lowest BCUT2D eigenvalue weighted by Crippen LogP contribution is -2.31. The summed E-state index contributed by atoms with van der Waals surface area (Å²) >= 11 is 6.34. The van der Waals surface area contributed by atoms with Gasteiger partial charge in [0.15, 0.2) is 0 Å². The first-order valence-electron chi connectivity index (χ1n) is 7.00. The van der Waals surface area contributed by atoms with Gasteiger partial charge in [-0.1, -0.05) is 48.0 Å². The van der Waals surface area contributed by atoms with Crippen LogP contribution in [-0.4, -0.2) is 13.7 Å². The van der Waals surface area contributed by atoms with Gasteiger partial charge in [0, 0.05) is 23.2 Å². The summed E-state index contributed by atoms with van der Waals surface area (Å²) in [5.41, 5.74) is 8.07. The van der Waals surface area contributed by atoms with E-state index in [0.29, 0.717) is 11.6 Å². The highest BCUT2D eigenvalue weighted by Crippen LogP contribution is 2.33.